The molecule has 1 unspecified atom stereocenters. The van der Waals surface area contributed by atoms with Crippen LogP contribution >= 0.6 is 11.8 Å². The normalized spacial score (nSPS) is 11.6. The van der Waals surface area contributed by atoms with E-state index in [0.29, 0.717) is 28.6 Å². The van der Waals surface area contributed by atoms with Gasteiger partial charge in [0.25, 0.3) is 5.91 Å². The van der Waals surface area contributed by atoms with Gasteiger partial charge < -0.3 is 9.84 Å². The highest BCUT2D eigenvalue weighted by molar-refractivity contribution is 7.98. The van der Waals surface area contributed by atoms with Crippen molar-refractivity contribution in [2.75, 3.05) is 0 Å². The number of aromatic nitrogens is 2. The standard InChI is InChI=1S/C20H18N4O2S/c1-13(16-9-7-15(11-21)8-10-16)22-20(25)17-5-3-4-6-18(17)27-12-19-23-14(2)26-24-19/h3-10,13H,12H2,1-2H3,(H,22,25). The predicted molar refractivity (Wildman–Crippen MR) is 102 cm³/mol. The average molecular weight is 378 g/mol. The SMILES string of the molecule is Cc1nc(CSc2ccccc2C(=O)NC(C)c2ccc(C#N)cc2)no1. The molecule has 1 heterocycles. The zero-order valence-electron chi connectivity index (χ0n) is 15.0. The Balaban J connectivity index is 1.69. The summed E-state index contributed by atoms with van der Waals surface area (Å²) >= 11 is 1.49. The van der Waals surface area contributed by atoms with E-state index in [-0.39, 0.29) is 11.9 Å². The van der Waals surface area contributed by atoms with Crippen LogP contribution < -0.4 is 5.32 Å². The van der Waals surface area contributed by atoms with Crippen LogP contribution in [0.15, 0.2) is 57.9 Å². The summed E-state index contributed by atoms with van der Waals surface area (Å²) in [5.41, 5.74) is 2.13. The number of benzene rings is 2. The Morgan fingerprint density at radius 2 is 2.00 bits per heavy atom. The summed E-state index contributed by atoms with van der Waals surface area (Å²) in [5, 5.41) is 15.8. The lowest BCUT2D eigenvalue weighted by Crippen LogP contribution is -2.27. The summed E-state index contributed by atoms with van der Waals surface area (Å²) in [5.74, 6) is 1.48. The van der Waals surface area contributed by atoms with Crippen LogP contribution in [0, 0.1) is 18.3 Å². The van der Waals surface area contributed by atoms with Crippen LogP contribution in [-0.4, -0.2) is 16.0 Å². The van der Waals surface area contributed by atoms with Crippen molar-refractivity contribution >= 4 is 17.7 Å². The average Bonchev–Trinajstić information content (AvgIpc) is 3.11. The highest BCUT2D eigenvalue weighted by Crippen LogP contribution is 2.26. The Kier molecular flexibility index (Phi) is 5.89. The van der Waals surface area contributed by atoms with E-state index in [2.05, 4.69) is 21.5 Å². The van der Waals surface area contributed by atoms with Crippen LogP contribution in [0.3, 0.4) is 0 Å². The second-order valence-corrected chi connectivity index (χ2v) is 6.96. The van der Waals surface area contributed by atoms with Gasteiger partial charge in [0.2, 0.25) is 5.89 Å². The second kappa shape index (κ2) is 8.52. The van der Waals surface area contributed by atoms with Gasteiger partial charge in [0, 0.05) is 11.8 Å². The maximum absolute atomic E-state index is 12.8. The lowest BCUT2D eigenvalue weighted by Gasteiger charge is -2.16. The molecule has 136 valence electrons. The number of carbonyl (C=O) groups is 1. The number of nitrogens with one attached hydrogen (secondary N) is 1. The molecule has 1 amide bonds. The van der Waals surface area contributed by atoms with Gasteiger partial charge in [-0.2, -0.15) is 10.2 Å². The summed E-state index contributed by atoms with van der Waals surface area (Å²) in [6.07, 6.45) is 0. The summed E-state index contributed by atoms with van der Waals surface area (Å²) < 4.78 is 4.97. The number of amides is 1. The van der Waals surface area contributed by atoms with Crippen molar-refractivity contribution in [3.8, 4) is 6.07 Å². The molecule has 0 saturated heterocycles. The number of carbonyl (C=O) groups excluding carboxylic acids is 1. The highest BCUT2D eigenvalue weighted by Gasteiger charge is 2.15. The Morgan fingerprint density at radius 3 is 2.67 bits per heavy atom. The first kappa shape index (κ1) is 18.7. The minimum absolute atomic E-state index is 0.153. The highest BCUT2D eigenvalue weighted by atomic mass is 32.2. The molecule has 3 aromatic rings. The quantitative estimate of drug-likeness (QED) is 0.651. The molecule has 1 aromatic heterocycles. The van der Waals surface area contributed by atoms with Crippen LogP contribution in [0.4, 0.5) is 0 Å². The molecule has 0 aliphatic heterocycles. The maximum atomic E-state index is 12.8. The Hall–Kier alpha value is -3.11. The van der Waals surface area contributed by atoms with Gasteiger partial charge in [0.05, 0.1) is 29.0 Å². The van der Waals surface area contributed by atoms with Crippen molar-refractivity contribution in [2.24, 2.45) is 0 Å². The van der Waals surface area contributed by atoms with Gasteiger partial charge in [-0.25, -0.2) is 0 Å². The van der Waals surface area contributed by atoms with Crippen LogP contribution in [0.1, 0.15) is 46.2 Å². The van der Waals surface area contributed by atoms with E-state index in [1.165, 1.54) is 11.8 Å². The third kappa shape index (κ3) is 4.74. The number of nitrogens with zero attached hydrogens (tertiary/aromatic N) is 3. The van der Waals surface area contributed by atoms with Gasteiger partial charge >= 0.3 is 0 Å². The molecule has 3 rings (SSSR count). The number of rotatable bonds is 6. The Labute approximate surface area is 161 Å². The molecule has 1 N–H and O–H groups in total. The van der Waals surface area contributed by atoms with E-state index < -0.39 is 0 Å². The smallest absolute Gasteiger partial charge is 0.252 e. The molecular formula is C20H18N4O2S. The van der Waals surface area contributed by atoms with Crippen molar-refractivity contribution < 1.29 is 9.32 Å². The molecule has 0 radical (unpaired) electrons. The zero-order chi connectivity index (χ0) is 19.2. The van der Waals surface area contributed by atoms with E-state index >= 15 is 0 Å². The van der Waals surface area contributed by atoms with Gasteiger partial charge in [-0.1, -0.05) is 29.4 Å². The molecule has 6 nitrogen and oxygen atoms in total. The number of aryl methyl sites for hydroxylation is 1. The third-order valence-electron chi connectivity index (χ3n) is 3.95. The number of nitriles is 1. The maximum Gasteiger partial charge on any atom is 0.252 e. The van der Waals surface area contributed by atoms with Crippen molar-refractivity contribution in [2.45, 2.75) is 30.5 Å². The largest absolute Gasteiger partial charge is 0.345 e. The lowest BCUT2D eigenvalue weighted by atomic mass is 10.1. The first-order chi connectivity index (χ1) is 13.1. The van der Waals surface area contributed by atoms with Crippen molar-refractivity contribution in [3.05, 3.63) is 76.9 Å². The molecule has 0 spiro atoms. The molecule has 1 atom stereocenters. The zero-order valence-corrected chi connectivity index (χ0v) is 15.8. The topological polar surface area (TPSA) is 91.8 Å². The Bertz CT molecular complexity index is 976. The Morgan fingerprint density at radius 1 is 1.26 bits per heavy atom. The molecule has 27 heavy (non-hydrogen) atoms. The van der Waals surface area contributed by atoms with Gasteiger partial charge in [0.15, 0.2) is 5.82 Å². The van der Waals surface area contributed by atoms with E-state index in [1.54, 1.807) is 25.1 Å². The first-order valence-electron chi connectivity index (χ1n) is 8.39. The fraction of sp³-hybridized carbons (Fsp3) is 0.200. The molecule has 0 fully saturated rings. The fourth-order valence-electron chi connectivity index (χ4n) is 2.53. The summed E-state index contributed by atoms with van der Waals surface area (Å²) in [6, 6.07) is 16.5. The van der Waals surface area contributed by atoms with Crippen LogP contribution in [0.5, 0.6) is 0 Å². The van der Waals surface area contributed by atoms with Gasteiger partial charge in [0.1, 0.15) is 0 Å². The van der Waals surface area contributed by atoms with Gasteiger partial charge in [-0.05, 0) is 36.8 Å². The number of thioether (sulfide) groups is 1. The second-order valence-electron chi connectivity index (χ2n) is 5.94. The summed E-state index contributed by atoms with van der Waals surface area (Å²) in [7, 11) is 0. The molecular weight excluding hydrogens is 360 g/mol. The minimum atomic E-state index is -0.178. The molecule has 0 aliphatic rings. The van der Waals surface area contributed by atoms with Crippen LogP contribution in [0.2, 0.25) is 0 Å². The van der Waals surface area contributed by atoms with Gasteiger partial charge in [-0.3, -0.25) is 4.79 Å². The van der Waals surface area contributed by atoms with Gasteiger partial charge in [-0.15, -0.1) is 11.8 Å². The molecule has 0 saturated carbocycles. The van der Waals surface area contributed by atoms with Crippen molar-refractivity contribution in [1.82, 2.24) is 15.5 Å². The number of hydrogen-bond acceptors (Lipinski definition) is 6. The van der Waals surface area contributed by atoms with E-state index in [4.69, 9.17) is 9.78 Å². The predicted octanol–water partition coefficient (Wildman–Crippen LogP) is 4.03. The molecule has 0 aliphatic carbocycles. The van der Waals surface area contributed by atoms with Crippen molar-refractivity contribution in [1.29, 1.82) is 5.26 Å². The summed E-state index contributed by atoms with van der Waals surface area (Å²) in [6.45, 7) is 3.66. The van der Waals surface area contributed by atoms with Crippen molar-refractivity contribution in [3.63, 3.8) is 0 Å². The molecule has 2 aromatic carbocycles. The fourth-order valence-corrected chi connectivity index (χ4v) is 3.42. The minimum Gasteiger partial charge on any atom is -0.345 e. The van der Waals surface area contributed by atoms with Crippen LogP contribution in [-0.2, 0) is 5.75 Å². The lowest BCUT2D eigenvalue weighted by molar-refractivity contribution is 0.0937. The van der Waals surface area contributed by atoms with E-state index in [0.717, 1.165) is 10.5 Å². The third-order valence-corrected chi connectivity index (χ3v) is 5.02. The van der Waals surface area contributed by atoms with Crippen LogP contribution in [0.25, 0.3) is 0 Å². The first-order valence-corrected chi connectivity index (χ1v) is 9.37. The van der Waals surface area contributed by atoms with E-state index in [9.17, 15) is 4.79 Å². The molecule has 7 heteroatoms. The number of hydrogen-bond donors (Lipinski definition) is 1. The summed E-state index contributed by atoms with van der Waals surface area (Å²) in [4.78, 5) is 17.8. The van der Waals surface area contributed by atoms with E-state index in [1.807, 2.05) is 37.3 Å². The molecule has 0 bridgehead atoms. The monoisotopic (exact) mass is 378 g/mol.